The lowest BCUT2D eigenvalue weighted by Crippen LogP contribution is -2.42. The van der Waals surface area contributed by atoms with Crippen LogP contribution < -0.4 is 21.1 Å². The Morgan fingerprint density at radius 1 is 1.09 bits per heavy atom. The lowest BCUT2D eigenvalue weighted by atomic mass is 9.85. The average molecular weight is 651 g/mol. The summed E-state index contributed by atoms with van der Waals surface area (Å²) in [5, 5.41) is 24.7. The van der Waals surface area contributed by atoms with Gasteiger partial charge in [0.15, 0.2) is 11.5 Å². The fourth-order valence-electron chi connectivity index (χ4n) is 5.08. The van der Waals surface area contributed by atoms with Crippen LogP contribution in [0.2, 0.25) is 10.0 Å². The molecule has 12 heteroatoms. The third-order valence-electron chi connectivity index (χ3n) is 7.58. The summed E-state index contributed by atoms with van der Waals surface area (Å²) in [7, 11) is 0. The monoisotopic (exact) mass is 649 g/mol. The molecule has 0 bridgehead atoms. The van der Waals surface area contributed by atoms with Crippen molar-refractivity contribution in [2.45, 2.75) is 52.2 Å². The van der Waals surface area contributed by atoms with Crippen molar-refractivity contribution in [2.75, 3.05) is 13.2 Å². The molecule has 10 nitrogen and oxygen atoms in total. The van der Waals surface area contributed by atoms with Crippen molar-refractivity contribution in [3.8, 4) is 17.1 Å². The first-order chi connectivity index (χ1) is 21.5. The summed E-state index contributed by atoms with van der Waals surface area (Å²) >= 11 is 12.9. The number of amides is 2. The molecule has 0 aliphatic heterocycles. The molecular weight excluding hydrogens is 613 g/mol. The molecule has 1 aliphatic rings. The number of allylic oxidation sites excluding steroid dienone is 1. The predicted octanol–water partition coefficient (Wildman–Crippen LogP) is 6.63. The summed E-state index contributed by atoms with van der Waals surface area (Å²) < 4.78 is 8.34. The number of pyridine rings is 1. The van der Waals surface area contributed by atoms with Crippen LogP contribution in [0.25, 0.3) is 17.0 Å². The number of carbonyl (C=O) groups excluding carboxylic acids is 1. The Labute approximate surface area is 272 Å². The molecule has 5 rings (SSSR count). The summed E-state index contributed by atoms with van der Waals surface area (Å²) in [6.45, 7) is 6.32. The van der Waals surface area contributed by atoms with Gasteiger partial charge in [-0.05, 0) is 60.7 Å². The molecule has 0 radical (unpaired) electrons. The molecule has 4 aromatic rings. The highest BCUT2D eigenvalue weighted by molar-refractivity contribution is 6.39. The third kappa shape index (κ3) is 7.58. The van der Waals surface area contributed by atoms with Gasteiger partial charge in [0.1, 0.15) is 17.7 Å². The molecule has 1 aliphatic carbocycles. The van der Waals surface area contributed by atoms with Crippen LogP contribution in [0.3, 0.4) is 0 Å². The quantitative estimate of drug-likeness (QED) is 0.0960. The Balaban J connectivity index is 1.34. The number of aliphatic imine (C=N–C) groups is 1. The zero-order valence-electron chi connectivity index (χ0n) is 25.4. The number of urea groups is 1. The zero-order chi connectivity index (χ0) is 32.1. The van der Waals surface area contributed by atoms with E-state index in [9.17, 15) is 9.90 Å². The number of aliphatic hydroxyl groups excluding tert-OH is 1. The normalized spacial score (nSPS) is 17.2. The minimum absolute atomic E-state index is 0.00744. The largest absolute Gasteiger partial charge is 0.484 e. The van der Waals surface area contributed by atoms with E-state index in [4.69, 9.17) is 33.7 Å². The van der Waals surface area contributed by atoms with Gasteiger partial charge in [-0.1, -0.05) is 74.3 Å². The third-order valence-corrected chi connectivity index (χ3v) is 8.21. The Morgan fingerprint density at radius 2 is 1.82 bits per heavy atom. The fourth-order valence-corrected chi connectivity index (χ4v) is 5.64. The van der Waals surface area contributed by atoms with Crippen molar-refractivity contribution in [2.24, 2.45) is 16.1 Å². The molecule has 2 aromatic heterocycles. The number of hydrogen-bond acceptors (Lipinski definition) is 7. The minimum atomic E-state index is -0.390. The Kier molecular flexibility index (Phi) is 9.96. The number of rotatable bonds is 8. The summed E-state index contributed by atoms with van der Waals surface area (Å²) in [5.74, 6) is 1.49. The molecule has 0 fully saturated rings. The average Bonchev–Trinajstić information content (AvgIpc) is 3.40. The number of nitrogens with one attached hydrogen (secondary N) is 2. The van der Waals surface area contributed by atoms with Crippen molar-refractivity contribution < 1.29 is 14.6 Å². The van der Waals surface area contributed by atoms with E-state index in [0.29, 0.717) is 70.2 Å². The van der Waals surface area contributed by atoms with Crippen LogP contribution in [0.4, 0.5) is 4.79 Å². The number of halogens is 2. The molecule has 0 saturated heterocycles. The van der Waals surface area contributed by atoms with Crippen molar-refractivity contribution in [3.63, 3.8) is 0 Å². The smallest absolute Gasteiger partial charge is 0.320 e. The molecule has 45 heavy (non-hydrogen) atoms. The number of ether oxygens (including phenoxy) is 1. The lowest BCUT2D eigenvalue weighted by molar-refractivity contribution is 0.171. The number of fused-ring (bicyclic) bond motifs is 2. The van der Waals surface area contributed by atoms with E-state index < -0.39 is 6.03 Å². The minimum Gasteiger partial charge on any atom is -0.484 e. The van der Waals surface area contributed by atoms with Crippen molar-refractivity contribution in [1.29, 1.82) is 0 Å². The summed E-state index contributed by atoms with van der Waals surface area (Å²) in [5.41, 5.74) is 9.73. The predicted molar refractivity (Wildman–Crippen MR) is 178 cm³/mol. The van der Waals surface area contributed by atoms with Gasteiger partial charge in [-0.25, -0.2) is 4.79 Å². The molecule has 0 spiro atoms. The second kappa shape index (κ2) is 13.9. The van der Waals surface area contributed by atoms with E-state index in [2.05, 4.69) is 25.8 Å². The second-order valence-corrected chi connectivity index (χ2v) is 12.7. The van der Waals surface area contributed by atoms with Crippen molar-refractivity contribution in [3.05, 3.63) is 93.7 Å². The first-order valence-corrected chi connectivity index (χ1v) is 15.6. The molecule has 2 aromatic carbocycles. The first-order valence-electron chi connectivity index (χ1n) is 14.8. The number of benzene rings is 2. The topological polar surface area (TPSA) is 139 Å². The van der Waals surface area contributed by atoms with Crippen LogP contribution in [0.15, 0.2) is 77.6 Å². The van der Waals surface area contributed by atoms with E-state index in [0.717, 1.165) is 11.1 Å². The first kappa shape index (κ1) is 32.3. The van der Waals surface area contributed by atoms with Crippen molar-refractivity contribution in [1.82, 2.24) is 25.2 Å². The van der Waals surface area contributed by atoms with Crippen LogP contribution in [0.1, 0.15) is 63.3 Å². The molecule has 2 amide bonds. The van der Waals surface area contributed by atoms with E-state index in [1.165, 1.54) is 0 Å². The molecule has 2 atom stereocenters. The lowest BCUT2D eigenvalue weighted by Gasteiger charge is -2.32. The van der Waals surface area contributed by atoms with Crippen LogP contribution >= 0.6 is 23.2 Å². The fraction of sp³-hybridized carbons (Fsp3) is 0.333. The van der Waals surface area contributed by atoms with Crippen LogP contribution in [-0.2, 0) is 0 Å². The van der Waals surface area contributed by atoms with Gasteiger partial charge in [0.05, 0.1) is 27.8 Å². The van der Waals surface area contributed by atoms with E-state index in [1.54, 1.807) is 24.3 Å². The number of nitrogens with two attached hydrogens (primary N) is 1. The summed E-state index contributed by atoms with van der Waals surface area (Å²) in [6, 6.07) is 16.3. The van der Waals surface area contributed by atoms with Gasteiger partial charge in [-0.2, -0.15) is 0 Å². The number of aliphatic hydroxyl groups is 1. The molecule has 236 valence electrons. The van der Waals surface area contributed by atoms with Gasteiger partial charge in [-0.3, -0.25) is 14.7 Å². The Morgan fingerprint density at radius 3 is 2.53 bits per heavy atom. The van der Waals surface area contributed by atoms with E-state index >= 15 is 0 Å². The highest BCUT2D eigenvalue weighted by Crippen LogP contribution is 2.39. The molecule has 2 unspecified atom stereocenters. The Hall–Kier alpha value is -4.12. The second-order valence-electron chi connectivity index (χ2n) is 11.9. The molecule has 2 heterocycles. The van der Waals surface area contributed by atoms with E-state index in [-0.39, 0.29) is 24.2 Å². The number of hydrogen-bond donors (Lipinski definition) is 4. The zero-order valence-corrected chi connectivity index (χ0v) is 26.9. The highest BCUT2D eigenvalue weighted by Gasteiger charge is 2.30. The number of aromatic nitrogens is 3. The number of amidine groups is 1. The van der Waals surface area contributed by atoms with Crippen LogP contribution in [0.5, 0.6) is 5.75 Å². The van der Waals surface area contributed by atoms with Gasteiger partial charge in [-0.15, -0.1) is 10.2 Å². The Bertz CT molecular complexity index is 1730. The van der Waals surface area contributed by atoms with E-state index in [1.807, 2.05) is 67.8 Å². The van der Waals surface area contributed by atoms with Crippen molar-refractivity contribution >= 4 is 40.7 Å². The molecule has 0 saturated carbocycles. The standard InChI is InChI=1S/C33H37Cl2N7O3/c1-33(2,3)27(36)18-28(37-16-7-17-43)39-32(44)38-25-13-14-26(22-9-5-4-8-21(22)25)45-20-12-15-29-40-41-31(42(29)19-20)30-23(34)10-6-11-24(30)35/h4-6,8-12,15,18-19,25-26,43H,7,13-14,16-17,36H2,1-3H3,(H2,37,38,39,44). The molecular formula is C33H37Cl2N7O3. The maximum Gasteiger partial charge on any atom is 0.320 e. The number of nitrogens with zero attached hydrogens (tertiary/aromatic N) is 4. The maximum atomic E-state index is 13.2. The maximum absolute atomic E-state index is 13.2. The highest BCUT2D eigenvalue weighted by atomic mass is 35.5. The van der Waals surface area contributed by atoms with Crippen LogP contribution in [-0.4, -0.2) is 44.7 Å². The number of carbonyl (C=O) groups is 1. The van der Waals surface area contributed by atoms with Gasteiger partial charge in [0.2, 0.25) is 0 Å². The van der Waals surface area contributed by atoms with Gasteiger partial charge in [0, 0.05) is 24.3 Å². The van der Waals surface area contributed by atoms with Gasteiger partial charge >= 0.3 is 6.03 Å². The molecule has 5 N–H and O–H groups in total. The van der Waals surface area contributed by atoms with Gasteiger partial charge in [0.25, 0.3) is 0 Å². The SMILES string of the molecule is CC(C)(C)C(N)=CC(=NCCCO)NC(=O)NC1CCC(Oc2ccc3nnc(-c4c(Cl)cccc4Cl)n3c2)c2ccccc21. The summed E-state index contributed by atoms with van der Waals surface area (Å²) in [4.78, 5) is 17.6. The van der Waals surface area contributed by atoms with Crippen LogP contribution in [0, 0.1) is 5.41 Å². The van der Waals surface area contributed by atoms with Gasteiger partial charge < -0.3 is 20.9 Å². The summed E-state index contributed by atoms with van der Waals surface area (Å²) in [6.07, 6.45) is 5.06.